The number of hydrogen-bond donors (Lipinski definition) is 1. The number of nitrogens with zero attached hydrogens (tertiary/aromatic N) is 1. The quantitative estimate of drug-likeness (QED) is 0.429. The number of carbonyl (C=O) groups excluding carboxylic acids is 2. The van der Waals surface area contributed by atoms with Gasteiger partial charge in [0, 0.05) is 23.3 Å². The summed E-state index contributed by atoms with van der Waals surface area (Å²) in [5.74, 6) is -1.34. The number of nitro benzene ring substituents is 1. The standard InChI is InChI=1S/C19H17ClN2O7/c1-2-27-19(24)11-5-6-28-16-9-17(13(20)8-12(11)16)29-15-4-3-10(18(21)23)7-14(15)22(25)26/h3-4,7-9,11H,2,5-6H2,1H3,(H2,21,23). The van der Waals surface area contributed by atoms with Gasteiger partial charge in [0.15, 0.2) is 0 Å². The maximum atomic E-state index is 12.2. The predicted octanol–water partition coefficient (Wildman–Crippen LogP) is 3.57. The number of primary amides is 1. The minimum absolute atomic E-state index is 0.0267. The van der Waals surface area contributed by atoms with E-state index in [1.807, 2.05) is 0 Å². The van der Waals surface area contributed by atoms with Gasteiger partial charge in [0.2, 0.25) is 11.7 Å². The van der Waals surface area contributed by atoms with Crippen molar-refractivity contribution in [1.82, 2.24) is 0 Å². The molecule has 29 heavy (non-hydrogen) atoms. The molecule has 1 heterocycles. The molecule has 9 nitrogen and oxygen atoms in total. The summed E-state index contributed by atoms with van der Waals surface area (Å²) in [5, 5.41) is 11.5. The topological polar surface area (TPSA) is 131 Å². The van der Waals surface area contributed by atoms with Gasteiger partial charge in [0.05, 0.1) is 29.1 Å². The summed E-state index contributed by atoms with van der Waals surface area (Å²) in [6.45, 7) is 2.27. The number of hydrogen-bond acceptors (Lipinski definition) is 7. The Morgan fingerprint density at radius 2 is 2.07 bits per heavy atom. The Morgan fingerprint density at radius 3 is 2.72 bits per heavy atom. The molecule has 0 aromatic heterocycles. The number of nitro groups is 1. The van der Waals surface area contributed by atoms with E-state index in [1.165, 1.54) is 24.3 Å². The van der Waals surface area contributed by atoms with E-state index in [0.717, 1.165) is 6.07 Å². The van der Waals surface area contributed by atoms with Crippen molar-refractivity contribution in [2.24, 2.45) is 5.73 Å². The van der Waals surface area contributed by atoms with E-state index in [9.17, 15) is 19.7 Å². The number of esters is 1. The van der Waals surface area contributed by atoms with Gasteiger partial charge in [-0.2, -0.15) is 0 Å². The maximum absolute atomic E-state index is 12.2. The lowest BCUT2D eigenvalue weighted by Gasteiger charge is -2.25. The Balaban J connectivity index is 1.97. The lowest BCUT2D eigenvalue weighted by atomic mass is 9.93. The molecule has 0 saturated carbocycles. The average molecular weight is 421 g/mol. The van der Waals surface area contributed by atoms with Crippen molar-refractivity contribution in [3.63, 3.8) is 0 Å². The van der Waals surface area contributed by atoms with Crippen LogP contribution in [0.25, 0.3) is 0 Å². The predicted molar refractivity (Wildman–Crippen MR) is 103 cm³/mol. The molecule has 0 aliphatic carbocycles. The fourth-order valence-corrected chi connectivity index (χ4v) is 3.18. The maximum Gasteiger partial charge on any atom is 0.313 e. The van der Waals surface area contributed by atoms with Crippen LogP contribution in [0.1, 0.15) is 35.2 Å². The summed E-state index contributed by atoms with van der Waals surface area (Å²) in [6.07, 6.45) is 0.447. The summed E-state index contributed by atoms with van der Waals surface area (Å²) in [5.41, 5.74) is 5.26. The Hall–Kier alpha value is -3.33. The molecule has 1 aliphatic heterocycles. The van der Waals surface area contributed by atoms with Gasteiger partial charge >= 0.3 is 11.7 Å². The SMILES string of the molecule is CCOC(=O)C1CCOc2cc(Oc3ccc(C(N)=O)cc3[N+](=O)[O-])c(Cl)cc21. The van der Waals surface area contributed by atoms with Gasteiger partial charge in [-0.1, -0.05) is 11.6 Å². The first-order valence-corrected chi connectivity index (χ1v) is 9.08. The lowest BCUT2D eigenvalue weighted by molar-refractivity contribution is -0.385. The molecule has 0 radical (unpaired) electrons. The summed E-state index contributed by atoms with van der Waals surface area (Å²) in [4.78, 5) is 34.1. The minimum Gasteiger partial charge on any atom is -0.493 e. The first kappa shape index (κ1) is 20.4. The molecule has 0 bridgehead atoms. The zero-order valence-electron chi connectivity index (χ0n) is 15.3. The number of fused-ring (bicyclic) bond motifs is 1. The normalized spacial score (nSPS) is 15.0. The molecule has 1 amide bonds. The third-order valence-corrected chi connectivity index (χ3v) is 4.63. The zero-order valence-corrected chi connectivity index (χ0v) is 16.1. The Bertz CT molecular complexity index is 993. The fourth-order valence-electron chi connectivity index (χ4n) is 2.97. The molecule has 2 N–H and O–H groups in total. The largest absolute Gasteiger partial charge is 0.493 e. The number of ether oxygens (including phenoxy) is 3. The van der Waals surface area contributed by atoms with Crippen molar-refractivity contribution in [2.75, 3.05) is 13.2 Å². The molecule has 1 atom stereocenters. The molecular formula is C19H17ClN2O7. The minimum atomic E-state index is -0.801. The Morgan fingerprint density at radius 1 is 1.31 bits per heavy atom. The van der Waals surface area contributed by atoms with E-state index in [-0.39, 0.29) is 34.7 Å². The van der Waals surface area contributed by atoms with Crippen molar-refractivity contribution < 1.29 is 28.7 Å². The van der Waals surface area contributed by atoms with Crippen LogP contribution in [0.4, 0.5) is 5.69 Å². The molecule has 2 aromatic carbocycles. The van der Waals surface area contributed by atoms with Crippen LogP contribution in [0, 0.1) is 10.1 Å². The van der Waals surface area contributed by atoms with E-state index in [4.69, 9.17) is 31.5 Å². The first-order valence-electron chi connectivity index (χ1n) is 8.70. The number of carbonyl (C=O) groups is 2. The third kappa shape index (κ3) is 4.24. The van der Waals surface area contributed by atoms with Crippen LogP contribution < -0.4 is 15.2 Å². The van der Waals surface area contributed by atoms with Crippen LogP contribution in [-0.4, -0.2) is 30.0 Å². The summed E-state index contributed by atoms with van der Waals surface area (Å²) in [7, 11) is 0. The molecule has 0 saturated heterocycles. The molecule has 10 heteroatoms. The molecule has 2 aromatic rings. The van der Waals surface area contributed by atoms with Gasteiger partial charge < -0.3 is 19.9 Å². The number of halogens is 1. The molecular weight excluding hydrogens is 404 g/mol. The van der Waals surface area contributed by atoms with Crippen LogP contribution in [0.3, 0.4) is 0 Å². The Kier molecular flexibility index (Phi) is 5.88. The number of rotatable bonds is 6. The number of nitrogens with two attached hydrogens (primary N) is 1. The average Bonchev–Trinajstić information content (AvgIpc) is 2.68. The fraction of sp³-hybridized carbons (Fsp3) is 0.263. The van der Waals surface area contributed by atoms with Crippen molar-refractivity contribution >= 4 is 29.2 Å². The van der Waals surface area contributed by atoms with Gasteiger partial charge in [-0.25, -0.2) is 0 Å². The zero-order chi connectivity index (χ0) is 21.1. The highest BCUT2D eigenvalue weighted by molar-refractivity contribution is 6.32. The smallest absolute Gasteiger partial charge is 0.313 e. The van der Waals surface area contributed by atoms with Crippen molar-refractivity contribution in [1.29, 1.82) is 0 Å². The van der Waals surface area contributed by atoms with Gasteiger partial charge in [0.1, 0.15) is 11.5 Å². The van der Waals surface area contributed by atoms with E-state index in [1.54, 1.807) is 6.92 Å². The van der Waals surface area contributed by atoms with E-state index >= 15 is 0 Å². The monoisotopic (exact) mass is 420 g/mol. The van der Waals surface area contributed by atoms with Crippen molar-refractivity contribution in [2.45, 2.75) is 19.3 Å². The molecule has 0 fully saturated rings. The highest BCUT2D eigenvalue weighted by atomic mass is 35.5. The second kappa shape index (κ2) is 8.36. The second-order valence-electron chi connectivity index (χ2n) is 6.17. The number of amides is 1. The summed E-state index contributed by atoms with van der Waals surface area (Å²) >= 11 is 6.30. The molecule has 0 spiro atoms. The summed E-state index contributed by atoms with van der Waals surface area (Å²) < 4.78 is 16.3. The van der Waals surface area contributed by atoms with Gasteiger partial charge in [-0.15, -0.1) is 0 Å². The Labute approximate surface area is 170 Å². The molecule has 3 rings (SSSR count). The number of benzene rings is 2. The summed E-state index contributed by atoms with van der Waals surface area (Å²) in [6, 6.07) is 6.59. The highest BCUT2D eigenvalue weighted by Crippen LogP contribution is 2.43. The third-order valence-electron chi connectivity index (χ3n) is 4.34. The van der Waals surface area contributed by atoms with Crippen LogP contribution in [0.2, 0.25) is 5.02 Å². The first-order chi connectivity index (χ1) is 13.8. The van der Waals surface area contributed by atoms with Crippen LogP contribution in [0.5, 0.6) is 17.2 Å². The van der Waals surface area contributed by atoms with E-state index in [0.29, 0.717) is 24.3 Å². The van der Waals surface area contributed by atoms with Crippen LogP contribution >= 0.6 is 11.6 Å². The van der Waals surface area contributed by atoms with Crippen LogP contribution in [0.15, 0.2) is 30.3 Å². The van der Waals surface area contributed by atoms with Gasteiger partial charge in [-0.3, -0.25) is 19.7 Å². The van der Waals surface area contributed by atoms with Gasteiger partial charge in [0.25, 0.3) is 0 Å². The van der Waals surface area contributed by atoms with Gasteiger partial charge in [-0.05, 0) is 31.5 Å². The van der Waals surface area contributed by atoms with Crippen LogP contribution in [-0.2, 0) is 9.53 Å². The second-order valence-corrected chi connectivity index (χ2v) is 6.58. The molecule has 1 unspecified atom stereocenters. The lowest BCUT2D eigenvalue weighted by Crippen LogP contribution is -2.23. The molecule has 152 valence electrons. The van der Waals surface area contributed by atoms with Crippen molar-refractivity contribution in [3.05, 3.63) is 56.6 Å². The van der Waals surface area contributed by atoms with Crippen molar-refractivity contribution in [3.8, 4) is 17.2 Å². The highest BCUT2D eigenvalue weighted by Gasteiger charge is 2.30. The van der Waals surface area contributed by atoms with E-state index in [2.05, 4.69) is 0 Å². The van der Waals surface area contributed by atoms with E-state index < -0.39 is 22.4 Å². The molecule has 1 aliphatic rings.